The highest BCUT2D eigenvalue weighted by Gasteiger charge is 2.24. The minimum atomic E-state index is 0.650. The van der Waals surface area contributed by atoms with E-state index in [0.717, 1.165) is 49.5 Å². The minimum Gasteiger partial charge on any atom is -0.309 e. The molecule has 2 heterocycles. The van der Waals surface area contributed by atoms with Gasteiger partial charge in [-0.1, -0.05) is 146 Å². The van der Waals surface area contributed by atoms with Crippen LogP contribution in [0.1, 0.15) is 5.56 Å². The number of para-hydroxylation sites is 2. The van der Waals surface area contributed by atoms with E-state index in [1.165, 1.54) is 65.3 Å². The van der Waals surface area contributed by atoms with E-state index in [4.69, 9.17) is 4.98 Å². The number of hydrogen-bond acceptors (Lipinski definition) is 2. The number of hydrogen-bond donors (Lipinski definition) is 0. The van der Waals surface area contributed by atoms with Gasteiger partial charge in [0.15, 0.2) is 0 Å². The van der Waals surface area contributed by atoms with Crippen LogP contribution in [0.3, 0.4) is 0 Å². The van der Waals surface area contributed by atoms with Crippen LogP contribution in [0.4, 0.5) is 0 Å². The van der Waals surface area contributed by atoms with Crippen molar-refractivity contribution in [3.05, 3.63) is 206 Å². The molecule has 0 saturated heterocycles. The van der Waals surface area contributed by atoms with Gasteiger partial charge in [0.25, 0.3) is 0 Å². The molecule has 0 amide bonds. The summed E-state index contributed by atoms with van der Waals surface area (Å²) in [4.78, 5) is 4.92. The van der Waals surface area contributed by atoms with Crippen molar-refractivity contribution >= 4 is 75.8 Å². The Labute approximate surface area is 340 Å². The Bertz CT molecular complexity index is 3620. The van der Waals surface area contributed by atoms with Crippen LogP contribution in [0.25, 0.3) is 115 Å². The molecule has 0 unspecified atom stereocenters. The fourth-order valence-electron chi connectivity index (χ4n) is 9.81. The molecule has 0 aliphatic rings. The van der Waals surface area contributed by atoms with Crippen LogP contribution in [0, 0.1) is 11.3 Å². The first kappa shape index (κ1) is 33.1. The maximum absolute atomic E-state index is 9.97. The molecule has 0 aliphatic heterocycles. The lowest BCUT2D eigenvalue weighted by molar-refractivity contribution is 1.18. The zero-order valence-corrected chi connectivity index (χ0v) is 31.9. The number of rotatable bonds is 4. The Morgan fingerprint density at radius 1 is 0.390 bits per heavy atom. The van der Waals surface area contributed by atoms with Gasteiger partial charge in [0, 0.05) is 33.6 Å². The molecule has 0 fully saturated rings. The molecule has 10 aromatic carbocycles. The molecule has 272 valence electrons. The second-order valence-corrected chi connectivity index (χ2v) is 15.3. The van der Waals surface area contributed by atoms with Crippen molar-refractivity contribution in [2.24, 2.45) is 0 Å². The fraction of sp³-hybridized carbons (Fsp3) is 0. The van der Waals surface area contributed by atoms with Gasteiger partial charge in [-0.15, -0.1) is 0 Å². The second-order valence-electron chi connectivity index (χ2n) is 15.3. The molecule has 2 aromatic heterocycles. The quantitative estimate of drug-likeness (QED) is 0.168. The van der Waals surface area contributed by atoms with E-state index in [2.05, 4.69) is 180 Å². The van der Waals surface area contributed by atoms with Crippen LogP contribution in [-0.4, -0.2) is 9.55 Å². The number of benzene rings is 10. The molecule has 0 spiro atoms. The summed E-state index contributed by atoms with van der Waals surface area (Å²) in [7, 11) is 0. The molecular formula is C56H33N3. The minimum absolute atomic E-state index is 0.650. The zero-order chi connectivity index (χ0) is 39.0. The number of aromatic nitrogens is 2. The van der Waals surface area contributed by atoms with Gasteiger partial charge in [0.05, 0.1) is 28.2 Å². The van der Waals surface area contributed by atoms with E-state index >= 15 is 0 Å². The monoisotopic (exact) mass is 747 g/mol. The van der Waals surface area contributed by atoms with Crippen molar-refractivity contribution in [3.8, 4) is 45.1 Å². The normalized spacial score (nSPS) is 11.7. The fourth-order valence-corrected chi connectivity index (χ4v) is 9.81. The number of pyridine rings is 1. The van der Waals surface area contributed by atoms with Gasteiger partial charge in [-0.05, 0) is 119 Å². The van der Waals surface area contributed by atoms with E-state index in [-0.39, 0.29) is 0 Å². The average molecular weight is 748 g/mol. The number of fused-ring (bicyclic) bond motifs is 8. The van der Waals surface area contributed by atoms with Crippen LogP contribution < -0.4 is 0 Å². The first-order valence-electron chi connectivity index (χ1n) is 20.0. The molecule has 0 atom stereocenters. The first-order chi connectivity index (χ1) is 29.3. The average Bonchev–Trinajstić information content (AvgIpc) is 3.63. The third-order valence-electron chi connectivity index (χ3n) is 12.2. The Balaban J connectivity index is 1.19. The van der Waals surface area contributed by atoms with Crippen molar-refractivity contribution in [2.75, 3.05) is 0 Å². The third kappa shape index (κ3) is 4.91. The molecule has 0 saturated carbocycles. The van der Waals surface area contributed by atoms with Crippen molar-refractivity contribution in [2.45, 2.75) is 0 Å². The summed E-state index contributed by atoms with van der Waals surface area (Å²) in [6, 6.07) is 72.1. The highest BCUT2D eigenvalue weighted by atomic mass is 15.0. The summed E-state index contributed by atoms with van der Waals surface area (Å²) >= 11 is 0. The molecule has 59 heavy (non-hydrogen) atoms. The van der Waals surface area contributed by atoms with E-state index in [9.17, 15) is 5.26 Å². The van der Waals surface area contributed by atoms with Gasteiger partial charge in [-0.2, -0.15) is 5.26 Å². The molecule has 0 bridgehead atoms. The van der Waals surface area contributed by atoms with Crippen molar-refractivity contribution in [1.29, 1.82) is 5.26 Å². The number of nitriles is 1. The van der Waals surface area contributed by atoms with Crippen LogP contribution in [0.15, 0.2) is 200 Å². The highest BCUT2D eigenvalue weighted by molar-refractivity contribution is 6.30. The summed E-state index contributed by atoms with van der Waals surface area (Å²) in [5.41, 5.74) is 12.1. The topological polar surface area (TPSA) is 41.6 Å². The van der Waals surface area contributed by atoms with E-state index in [1.54, 1.807) is 0 Å². The predicted molar refractivity (Wildman–Crippen MR) is 247 cm³/mol. The SMILES string of the molecule is N#Cc1ccc2c(c1)c1cc(-c3c4ccccc4c(-c4c5ccccc5c(-c5cccc6cccnc56)c5ccccc45)c4ccccc34)ccc1n2-c1ccccc1. The van der Waals surface area contributed by atoms with E-state index < -0.39 is 0 Å². The van der Waals surface area contributed by atoms with Crippen LogP contribution in [0.2, 0.25) is 0 Å². The van der Waals surface area contributed by atoms with Crippen LogP contribution in [0.5, 0.6) is 0 Å². The first-order valence-corrected chi connectivity index (χ1v) is 20.0. The van der Waals surface area contributed by atoms with Crippen molar-refractivity contribution in [3.63, 3.8) is 0 Å². The zero-order valence-electron chi connectivity index (χ0n) is 31.9. The molecule has 12 rings (SSSR count). The summed E-state index contributed by atoms with van der Waals surface area (Å²) < 4.78 is 2.31. The van der Waals surface area contributed by atoms with Crippen molar-refractivity contribution in [1.82, 2.24) is 9.55 Å². The summed E-state index contributed by atoms with van der Waals surface area (Å²) in [6.07, 6.45) is 1.90. The predicted octanol–water partition coefficient (Wildman–Crippen LogP) is 14.8. The lowest BCUT2D eigenvalue weighted by Gasteiger charge is -2.22. The molecule has 3 heteroatoms. The molecule has 0 aliphatic carbocycles. The molecule has 0 N–H and O–H groups in total. The standard InChI is InChI=1S/C56H33N3/c57-34-35-27-29-50-48(32-35)49-33-37(28-30-51(49)59(50)38-16-2-1-3-17-38)52-39-18-4-8-22-43(39)54(44-23-9-5-19-40(44)52)55-45-24-10-6-20-41(45)53(42-21-7-11-25-46(42)55)47-26-12-14-36-15-13-31-58-56(36)47/h1-33H. The van der Waals surface area contributed by atoms with Gasteiger partial charge in [-0.3, -0.25) is 4.98 Å². The molecule has 0 radical (unpaired) electrons. The van der Waals surface area contributed by atoms with Gasteiger partial charge >= 0.3 is 0 Å². The third-order valence-corrected chi connectivity index (χ3v) is 12.2. The largest absolute Gasteiger partial charge is 0.309 e. The van der Waals surface area contributed by atoms with Gasteiger partial charge in [-0.25, -0.2) is 0 Å². The smallest absolute Gasteiger partial charge is 0.0991 e. The van der Waals surface area contributed by atoms with Crippen LogP contribution >= 0.6 is 0 Å². The van der Waals surface area contributed by atoms with E-state index in [1.807, 2.05) is 30.5 Å². The maximum atomic E-state index is 9.97. The van der Waals surface area contributed by atoms with Gasteiger partial charge in [0.2, 0.25) is 0 Å². The summed E-state index contributed by atoms with van der Waals surface area (Å²) in [6.45, 7) is 0. The van der Waals surface area contributed by atoms with E-state index in [0.29, 0.717) is 5.56 Å². The summed E-state index contributed by atoms with van der Waals surface area (Å²) in [5, 5.41) is 22.9. The lowest BCUT2D eigenvalue weighted by Crippen LogP contribution is -1.95. The summed E-state index contributed by atoms with van der Waals surface area (Å²) in [5.74, 6) is 0. The molecule has 12 aromatic rings. The Morgan fingerprint density at radius 3 is 1.46 bits per heavy atom. The Morgan fingerprint density at radius 2 is 0.881 bits per heavy atom. The molecule has 3 nitrogen and oxygen atoms in total. The highest BCUT2D eigenvalue weighted by Crippen LogP contribution is 2.51. The second kappa shape index (κ2) is 13.0. The Hall–Kier alpha value is -8.06. The van der Waals surface area contributed by atoms with Gasteiger partial charge < -0.3 is 4.57 Å². The maximum Gasteiger partial charge on any atom is 0.0991 e. The number of nitrogens with zero attached hydrogens (tertiary/aromatic N) is 3. The molecular weight excluding hydrogens is 715 g/mol. The van der Waals surface area contributed by atoms with Crippen LogP contribution in [-0.2, 0) is 0 Å². The Kier molecular flexibility index (Phi) is 7.29. The van der Waals surface area contributed by atoms with Crippen molar-refractivity contribution < 1.29 is 0 Å². The van der Waals surface area contributed by atoms with Gasteiger partial charge in [0.1, 0.15) is 0 Å². The lowest BCUT2D eigenvalue weighted by atomic mass is 9.81.